The average molecular weight is 384 g/mol. The number of aryl methyl sites for hydroxylation is 1. The molecule has 2 aromatic heterocycles. The maximum atomic E-state index is 12.2. The minimum Gasteiger partial charge on any atom is -0.370 e. The molecule has 4 rings (SSSR count). The van der Waals surface area contributed by atoms with Crippen molar-refractivity contribution in [1.29, 1.82) is 0 Å². The fourth-order valence-electron chi connectivity index (χ4n) is 3.45. The summed E-state index contributed by atoms with van der Waals surface area (Å²) in [4.78, 5) is 19.9. The van der Waals surface area contributed by atoms with Gasteiger partial charge in [0.25, 0.3) is 0 Å². The van der Waals surface area contributed by atoms with Crippen LogP contribution >= 0.6 is 0 Å². The average Bonchev–Trinajstić information content (AvgIpc) is 3.12. The zero-order chi connectivity index (χ0) is 20.1. The Morgan fingerprint density at radius 3 is 2.79 bits per heavy atom. The highest BCUT2D eigenvalue weighted by Crippen LogP contribution is 2.18. The molecule has 0 saturated heterocycles. The van der Waals surface area contributed by atoms with E-state index in [2.05, 4.69) is 45.0 Å². The predicted molar refractivity (Wildman–Crippen MR) is 118 cm³/mol. The van der Waals surface area contributed by atoms with Crippen LogP contribution in [0.5, 0.6) is 0 Å². The lowest BCUT2D eigenvalue weighted by atomic mass is 10.1. The van der Waals surface area contributed by atoms with Crippen LogP contribution in [-0.2, 0) is 17.6 Å². The topological polar surface area (TPSA) is 69.8 Å². The zero-order valence-corrected chi connectivity index (χ0v) is 16.4. The van der Waals surface area contributed by atoms with Gasteiger partial charge in [0.2, 0.25) is 5.91 Å². The molecule has 0 aliphatic carbocycles. The number of carbonyl (C=O) groups is 1. The number of benzene rings is 2. The Hall–Kier alpha value is -3.60. The number of H-pyrrole nitrogens is 1. The van der Waals surface area contributed by atoms with E-state index in [1.54, 1.807) is 6.20 Å². The second kappa shape index (κ2) is 8.61. The smallest absolute Gasteiger partial charge is 0.228 e. The van der Waals surface area contributed by atoms with Crippen LogP contribution in [0.2, 0.25) is 0 Å². The molecule has 4 aromatic rings. The lowest BCUT2D eigenvalue weighted by Crippen LogP contribution is -2.14. The van der Waals surface area contributed by atoms with Gasteiger partial charge in [-0.2, -0.15) is 0 Å². The molecule has 0 unspecified atom stereocenters. The number of hydrogen-bond acceptors (Lipinski definition) is 3. The molecule has 5 heteroatoms. The monoisotopic (exact) mass is 384 g/mol. The third kappa shape index (κ3) is 4.82. The van der Waals surface area contributed by atoms with Crippen molar-refractivity contribution in [3.63, 3.8) is 0 Å². The molecule has 5 nitrogen and oxygen atoms in total. The summed E-state index contributed by atoms with van der Waals surface area (Å²) in [5, 5.41) is 7.50. The molecular weight excluding hydrogens is 360 g/mol. The number of rotatable bonds is 7. The van der Waals surface area contributed by atoms with Crippen LogP contribution in [0.15, 0.2) is 73.1 Å². The number of aromatic nitrogens is 2. The Bertz CT molecular complexity index is 1120. The van der Waals surface area contributed by atoms with Crippen LogP contribution < -0.4 is 10.6 Å². The number of nitrogens with one attached hydrogen (secondary N) is 3. The molecule has 0 fully saturated rings. The van der Waals surface area contributed by atoms with Crippen LogP contribution in [0.1, 0.15) is 16.7 Å². The number of fused-ring (bicyclic) bond motifs is 1. The van der Waals surface area contributed by atoms with Gasteiger partial charge in [-0.1, -0.05) is 48.0 Å². The van der Waals surface area contributed by atoms with Crippen molar-refractivity contribution in [2.75, 3.05) is 17.2 Å². The van der Waals surface area contributed by atoms with Crippen molar-refractivity contribution in [2.24, 2.45) is 0 Å². The van der Waals surface area contributed by atoms with Crippen molar-refractivity contribution >= 4 is 28.3 Å². The van der Waals surface area contributed by atoms with Crippen LogP contribution in [0, 0.1) is 6.92 Å². The first-order chi connectivity index (χ1) is 14.2. The van der Waals surface area contributed by atoms with Crippen LogP contribution in [0.4, 0.5) is 11.5 Å². The van der Waals surface area contributed by atoms with Gasteiger partial charge < -0.3 is 15.6 Å². The lowest BCUT2D eigenvalue weighted by Gasteiger charge is -2.08. The van der Waals surface area contributed by atoms with Crippen molar-refractivity contribution in [3.05, 3.63) is 89.7 Å². The third-order valence-corrected chi connectivity index (χ3v) is 4.87. The molecule has 0 spiro atoms. The number of pyridine rings is 1. The number of carbonyl (C=O) groups excluding carboxylic acids is 1. The summed E-state index contributed by atoms with van der Waals surface area (Å²) in [7, 11) is 0. The molecule has 29 heavy (non-hydrogen) atoms. The maximum absolute atomic E-state index is 12.2. The highest BCUT2D eigenvalue weighted by Gasteiger charge is 2.06. The number of hydrogen-bond donors (Lipinski definition) is 3. The van der Waals surface area contributed by atoms with E-state index in [-0.39, 0.29) is 5.91 Å². The molecule has 0 aliphatic rings. The Morgan fingerprint density at radius 1 is 1.07 bits per heavy atom. The molecule has 2 aromatic carbocycles. The van der Waals surface area contributed by atoms with Gasteiger partial charge in [-0.15, -0.1) is 0 Å². The molecule has 1 amide bonds. The fourth-order valence-corrected chi connectivity index (χ4v) is 3.45. The van der Waals surface area contributed by atoms with Gasteiger partial charge >= 0.3 is 0 Å². The van der Waals surface area contributed by atoms with Crippen LogP contribution in [-0.4, -0.2) is 22.4 Å². The Morgan fingerprint density at radius 2 is 1.97 bits per heavy atom. The third-order valence-electron chi connectivity index (χ3n) is 4.87. The van der Waals surface area contributed by atoms with Crippen molar-refractivity contribution < 1.29 is 4.79 Å². The molecule has 0 aliphatic heterocycles. The number of aromatic amines is 1. The lowest BCUT2D eigenvalue weighted by molar-refractivity contribution is -0.115. The highest BCUT2D eigenvalue weighted by molar-refractivity contribution is 5.92. The van der Waals surface area contributed by atoms with Gasteiger partial charge in [0.05, 0.1) is 18.3 Å². The first-order valence-corrected chi connectivity index (χ1v) is 9.78. The first kappa shape index (κ1) is 18.7. The van der Waals surface area contributed by atoms with Crippen molar-refractivity contribution in [2.45, 2.75) is 19.8 Å². The number of amides is 1. The van der Waals surface area contributed by atoms with Gasteiger partial charge in [0, 0.05) is 23.6 Å². The summed E-state index contributed by atoms with van der Waals surface area (Å²) in [6.07, 6.45) is 5.00. The SMILES string of the molecule is Cc1cccc(CC(=O)Nc2ccc(NCCc3c[nH]c4ccccc34)nc2)c1. The maximum Gasteiger partial charge on any atom is 0.228 e. The highest BCUT2D eigenvalue weighted by atomic mass is 16.1. The fraction of sp³-hybridized carbons (Fsp3) is 0.167. The van der Waals surface area contributed by atoms with E-state index in [0.717, 1.165) is 35.4 Å². The van der Waals surface area contributed by atoms with Gasteiger partial charge in [0.1, 0.15) is 5.82 Å². The standard InChI is InChI=1S/C24H24N4O/c1-17-5-4-6-18(13-17)14-24(29)28-20-9-10-23(27-16-20)25-12-11-19-15-26-22-8-3-2-7-21(19)22/h2-10,13,15-16,26H,11-12,14H2,1H3,(H,25,27)(H,28,29). The minimum absolute atomic E-state index is 0.0440. The van der Waals surface area contributed by atoms with E-state index in [1.807, 2.05) is 49.4 Å². The minimum atomic E-state index is -0.0440. The van der Waals surface area contributed by atoms with Crippen LogP contribution in [0.3, 0.4) is 0 Å². The van der Waals surface area contributed by atoms with Gasteiger partial charge in [-0.25, -0.2) is 4.98 Å². The van der Waals surface area contributed by atoms with E-state index in [1.165, 1.54) is 10.9 Å². The predicted octanol–water partition coefficient (Wildman–Crippen LogP) is 4.71. The quantitative estimate of drug-likeness (QED) is 0.432. The summed E-state index contributed by atoms with van der Waals surface area (Å²) in [5.74, 6) is 0.749. The Balaban J connectivity index is 1.28. The first-order valence-electron chi connectivity index (χ1n) is 9.78. The van der Waals surface area contributed by atoms with E-state index in [4.69, 9.17) is 0 Å². The molecule has 0 radical (unpaired) electrons. The van der Waals surface area contributed by atoms with E-state index >= 15 is 0 Å². The largest absolute Gasteiger partial charge is 0.370 e. The van der Waals surface area contributed by atoms with E-state index in [9.17, 15) is 4.79 Å². The number of nitrogens with zero attached hydrogens (tertiary/aromatic N) is 1. The molecule has 0 atom stereocenters. The second-order valence-corrected chi connectivity index (χ2v) is 7.18. The van der Waals surface area contributed by atoms with Crippen molar-refractivity contribution in [1.82, 2.24) is 9.97 Å². The van der Waals surface area contributed by atoms with E-state index < -0.39 is 0 Å². The number of anilines is 2. The Labute approximate surface area is 170 Å². The molecule has 0 saturated carbocycles. The van der Waals surface area contributed by atoms with Crippen LogP contribution in [0.25, 0.3) is 10.9 Å². The molecule has 2 heterocycles. The molecular formula is C24H24N4O. The summed E-state index contributed by atoms with van der Waals surface area (Å²) >= 11 is 0. The van der Waals surface area contributed by atoms with Crippen molar-refractivity contribution in [3.8, 4) is 0 Å². The van der Waals surface area contributed by atoms with Gasteiger partial charge in [0.15, 0.2) is 0 Å². The van der Waals surface area contributed by atoms with Gasteiger partial charge in [-0.05, 0) is 42.7 Å². The second-order valence-electron chi connectivity index (χ2n) is 7.18. The molecule has 0 bridgehead atoms. The Kier molecular flexibility index (Phi) is 5.56. The normalized spacial score (nSPS) is 10.8. The molecule has 146 valence electrons. The number of para-hydroxylation sites is 1. The summed E-state index contributed by atoms with van der Waals surface area (Å²) in [5.41, 5.74) is 5.30. The van der Waals surface area contributed by atoms with Gasteiger partial charge in [-0.3, -0.25) is 4.79 Å². The summed E-state index contributed by atoms with van der Waals surface area (Å²) in [6.45, 7) is 2.81. The van der Waals surface area contributed by atoms with E-state index in [0.29, 0.717) is 12.1 Å². The summed E-state index contributed by atoms with van der Waals surface area (Å²) < 4.78 is 0. The zero-order valence-electron chi connectivity index (χ0n) is 16.4. The summed E-state index contributed by atoms with van der Waals surface area (Å²) in [6, 6.07) is 20.0. The molecule has 3 N–H and O–H groups in total.